The zero-order valence-corrected chi connectivity index (χ0v) is 11.4. The molecule has 0 atom stereocenters. The Hall–Kier alpha value is -2.44. The minimum atomic E-state index is -0.190. The molecule has 0 aliphatic rings. The quantitative estimate of drug-likeness (QED) is 0.700. The average Bonchev–Trinajstić information content (AvgIpc) is 2.98. The van der Waals surface area contributed by atoms with Gasteiger partial charge in [0.1, 0.15) is 23.7 Å². The van der Waals surface area contributed by atoms with Gasteiger partial charge in [0, 0.05) is 19.5 Å². The molecule has 0 radical (unpaired) electrons. The summed E-state index contributed by atoms with van der Waals surface area (Å²) >= 11 is 0. The molecule has 0 fully saturated rings. The van der Waals surface area contributed by atoms with Gasteiger partial charge >= 0.3 is 0 Å². The molecule has 7 nitrogen and oxygen atoms in total. The molecule has 0 unspecified atom stereocenters. The van der Waals surface area contributed by atoms with Crippen molar-refractivity contribution in [3.05, 3.63) is 36.0 Å². The van der Waals surface area contributed by atoms with E-state index >= 15 is 0 Å². The van der Waals surface area contributed by atoms with Crippen LogP contribution in [-0.2, 0) is 6.42 Å². The van der Waals surface area contributed by atoms with Crippen LogP contribution in [0.25, 0.3) is 0 Å². The molecule has 106 valence electrons. The van der Waals surface area contributed by atoms with Gasteiger partial charge in [-0.2, -0.15) is 5.10 Å². The lowest BCUT2D eigenvalue weighted by atomic mass is 10.3. The van der Waals surface area contributed by atoms with Gasteiger partial charge in [-0.1, -0.05) is 13.0 Å². The number of nitrogens with one attached hydrogen (secondary N) is 3. The van der Waals surface area contributed by atoms with Crippen molar-refractivity contribution in [1.29, 1.82) is 0 Å². The number of rotatable bonds is 7. The Labute approximate surface area is 117 Å². The molecular weight excluding hydrogens is 256 g/mol. The molecule has 0 saturated heterocycles. The van der Waals surface area contributed by atoms with Gasteiger partial charge in [-0.3, -0.25) is 9.89 Å². The number of carbonyl (C=O) groups excluding carboxylic acids is 1. The van der Waals surface area contributed by atoms with Crippen molar-refractivity contribution in [1.82, 2.24) is 25.5 Å². The highest BCUT2D eigenvalue weighted by Gasteiger charge is 2.07. The summed E-state index contributed by atoms with van der Waals surface area (Å²) in [5.41, 5.74) is 0.406. The van der Waals surface area contributed by atoms with Crippen molar-refractivity contribution in [2.24, 2.45) is 0 Å². The molecule has 2 aromatic heterocycles. The van der Waals surface area contributed by atoms with Crippen LogP contribution in [0.1, 0.15) is 29.7 Å². The second-order valence-corrected chi connectivity index (χ2v) is 4.27. The molecule has 2 aromatic rings. The van der Waals surface area contributed by atoms with Gasteiger partial charge in [-0.05, 0) is 18.6 Å². The number of pyridine rings is 1. The summed E-state index contributed by atoms with van der Waals surface area (Å²) in [5.74, 6) is 1.27. The molecule has 7 heteroatoms. The summed E-state index contributed by atoms with van der Waals surface area (Å²) in [6.07, 6.45) is 3.07. The number of aromatic nitrogens is 4. The lowest BCUT2D eigenvalue weighted by Crippen LogP contribution is -2.27. The number of amides is 1. The Bertz CT molecular complexity index is 540. The number of aromatic amines is 1. The summed E-state index contributed by atoms with van der Waals surface area (Å²) in [6.45, 7) is 3.40. The van der Waals surface area contributed by atoms with Gasteiger partial charge < -0.3 is 10.6 Å². The number of nitrogens with zero attached hydrogens (tertiary/aromatic N) is 3. The van der Waals surface area contributed by atoms with Gasteiger partial charge in [0.05, 0.1) is 0 Å². The molecular formula is C13H18N6O. The molecule has 0 aliphatic heterocycles. The second-order valence-electron chi connectivity index (χ2n) is 4.27. The number of carbonyl (C=O) groups is 1. The Morgan fingerprint density at radius 3 is 3.00 bits per heavy atom. The van der Waals surface area contributed by atoms with E-state index in [2.05, 4.69) is 37.7 Å². The van der Waals surface area contributed by atoms with E-state index in [0.717, 1.165) is 24.6 Å². The van der Waals surface area contributed by atoms with Crippen molar-refractivity contribution in [3.63, 3.8) is 0 Å². The van der Waals surface area contributed by atoms with Crippen LogP contribution in [0.5, 0.6) is 0 Å². The van der Waals surface area contributed by atoms with E-state index in [9.17, 15) is 4.79 Å². The maximum atomic E-state index is 12.0. The maximum Gasteiger partial charge on any atom is 0.269 e. The highest BCUT2D eigenvalue weighted by atomic mass is 16.1. The van der Waals surface area contributed by atoms with Crippen LogP contribution in [-0.4, -0.2) is 39.2 Å². The molecule has 0 aliphatic carbocycles. The Kier molecular flexibility index (Phi) is 5.05. The number of hydrogen-bond acceptors (Lipinski definition) is 5. The molecule has 2 heterocycles. The fourth-order valence-corrected chi connectivity index (χ4v) is 1.65. The molecule has 0 bridgehead atoms. The van der Waals surface area contributed by atoms with Crippen molar-refractivity contribution in [2.75, 3.05) is 18.4 Å². The lowest BCUT2D eigenvalue weighted by molar-refractivity contribution is 0.0949. The molecule has 0 spiro atoms. The van der Waals surface area contributed by atoms with Crippen LogP contribution in [0.15, 0.2) is 24.5 Å². The summed E-state index contributed by atoms with van der Waals surface area (Å²) in [6, 6.07) is 5.36. The SMILES string of the molecule is CCCNc1cccc(C(=O)NCCc2ncn[nH]2)n1. The van der Waals surface area contributed by atoms with Crippen LogP contribution in [0, 0.1) is 0 Å². The number of anilines is 1. The van der Waals surface area contributed by atoms with Gasteiger partial charge in [0.25, 0.3) is 5.91 Å². The third-order valence-corrected chi connectivity index (χ3v) is 2.65. The number of hydrogen-bond donors (Lipinski definition) is 3. The van der Waals surface area contributed by atoms with E-state index in [-0.39, 0.29) is 5.91 Å². The Balaban J connectivity index is 1.85. The molecule has 1 amide bonds. The lowest BCUT2D eigenvalue weighted by Gasteiger charge is -2.07. The predicted molar refractivity (Wildman–Crippen MR) is 75.4 cm³/mol. The van der Waals surface area contributed by atoms with Crippen LogP contribution in [0.4, 0.5) is 5.82 Å². The van der Waals surface area contributed by atoms with Gasteiger partial charge in [-0.15, -0.1) is 0 Å². The third-order valence-electron chi connectivity index (χ3n) is 2.65. The largest absolute Gasteiger partial charge is 0.370 e. The standard InChI is InChI=1S/C13H18N6O/c1-2-7-14-11-5-3-4-10(18-11)13(20)15-8-6-12-16-9-17-19-12/h3-5,9H,2,6-8H2,1H3,(H,14,18)(H,15,20)(H,16,17,19). The summed E-state index contributed by atoms with van der Waals surface area (Å²) in [4.78, 5) is 20.2. The second kappa shape index (κ2) is 7.22. The smallest absolute Gasteiger partial charge is 0.269 e. The fraction of sp³-hybridized carbons (Fsp3) is 0.385. The van der Waals surface area contributed by atoms with Gasteiger partial charge in [-0.25, -0.2) is 9.97 Å². The normalized spacial score (nSPS) is 10.2. The molecule has 0 saturated carbocycles. The highest BCUT2D eigenvalue weighted by molar-refractivity contribution is 5.92. The molecule has 0 aromatic carbocycles. The third kappa shape index (κ3) is 4.04. The zero-order valence-electron chi connectivity index (χ0n) is 11.4. The first-order chi connectivity index (χ1) is 9.79. The maximum absolute atomic E-state index is 12.0. The van der Waals surface area contributed by atoms with Gasteiger partial charge in [0.2, 0.25) is 0 Å². The fourth-order valence-electron chi connectivity index (χ4n) is 1.65. The molecule has 3 N–H and O–H groups in total. The number of H-pyrrole nitrogens is 1. The predicted octanol–water partition coefficient (Wildman–Crippen LogP) is 0.994. The first-order valence-electron chi connectivity index (χ1n) is 6.63. The first-order valence-corrected chi connectivity index (χ1v) is 6.63. The minimum absolute atomic E-state index is 0.190. The van der Waals surface area contributed by atoms with Crippen molar-refractivity contribution in [2.45, 2.75) is 19.8 Å². The Morgan fingerprint density at radius 1 is 1.35 bits per heavy atom. The topological polar surface area (TPSA) is 95.6 Å². The Morgan fingerprint density at radius 2 is 2.25 bits per heavy atom. The summed E-state index contributed by atoms with van der Waals surface area (Å²) in [5, 5.41) is 12.5. The van der Waals surface area contributed by atoms with Crippen molar-refractivity contribution < 1.29 is 4.79 Å². The van der Waals surface area contributed by atoms with Gasteiger partial charge in [0.15, 0.2) is 0 Å². The van der Waals surface area contributed by atoms with Crippen molar-refractivity contribution in [3.8, 4) is 0 Å². The van der Waals surface area contributed by atoms with Crippen LogP contribution in [0.3, 0.4) is 0 Å². The van der Waals surface area contributed by atoms with E-state index in [0.29, 0.717) is 18.7 Å². The van der Waals surface area contributed by atoms with Crippen LogP contribution < -0.4 is 10.6 Å². The van der Waals surface area contributed by atoms with Crippen LogP contribution in [0.2, 0.25) is 0 Å². The minimum Gasteiger partial charge on any atom is -0.370 e. The summed E-state index contributed by atoms with van der Waals surface area (Å²) in [7, 11) is 0. The van der Waals surface area contributed by atoms with E-state index in [1.165, 1.54) is 6.33 Å². The van der Waals surface area contributed by atoms with E-state index in [1.807, 2.05) is 12.1 Å². The average molecular weight is 274 g/mol. The van der Waals surface area contributed by atoms with E-state index in [4.69, 9.17) is 0 Å². The van der Waals surface area contributed by atoms with Crippen LogP contribution >= 0.6 is 0 Å². The van der Waals surface area contributed by atoms with E-state index in [1.54, 1.807) is 6.07 Å². The summed E-state index contributed by atoms with van der Waals surface area (Å²) < 4.78 is 0. The highest BCUT2D eigenvalue weighted by Crippen LogP contribution is 2.04. The molecule has 20 heavy (non-hydrogen) atoms. The monoisotopic (exact) mass is 274 g/mol. The van der Waals surface area contributed by atoms with Crippen molar-refractivity contribution >= 4 is 11.7 Å². The first kappa shape index (κ1) is 14.0. The zero-order chi connectivity index (χ0) is 14.2. The molecule has 2 rings (SSSR count). The van der Waals surface area contributed by atoms with E-state index < -0.39 is 0 Å².